The number of nitrogens with zero attached hydrogens (tertiary/aromatic N) is 2. The molecule has 1 atom stereocenters. The summed E-state index contributed by atoms with van der Waals surface area (Å²) in [6.45, 7) is 9.31. The molecule has 5 heteroatoms. The van der Waals surface area contributed by atoms with Gasteiger partial charge in [0.05, 0.1) is 5.69 Å². The molecule has 1 N–H and O–H groups in total. The average Bonchev–Trinajstić information content (AvgIpc) is 2.88. The third-order valence-electron chi connectivity index (χ3n) is 3.79. The van der Waals surface area contributed by atoms with Crippen molar-refractivity contribution >= 4 is 11.3 Å². The van der Waals surface area contributed by atoms with Gasteiger partial charge in [0, 0.05) is 25.1 Å². The van der Waals surface area contributed by atoms with Gasteiger partial charge >= 0.3 is 0 Å². The van der Waals surface area contributed by atoms with Crippen molar-refractivity contribution in [3.8, 4) is 0 Å². The molecule has 0 aromatic carbocycles. The number of hydrogen-bond acceptors (Lipinski definition) is 5. The van der Waals surface area contributed by atoms with E-state index in [0.717, 1.165) is 24.1 Å². The molecule has 1 aromatic heterocycles. The molecule has 1 aliphatic heterocycles. The maximum absolute atomic E-state index is 5.60. The highest BCUT2D eigenvalue weighted by atomic mass is 32.1. The molecule has 1 fully saturated rings. The van der Waals surface area contributed by atoms with Gasteiger partial charge in [-0.2, -0.15) is 0 Å². The van der Waals surface area contributed by atoms with Crippen LogP contribution in [-0.4, -0.2) is 43.2 Å². The first kappa shape index (κ1) is 15.9. The predicted octanol–water partition coefficient (Wildman–Crippen LogP) is 2.67. The van der Waals surface area contributed by atoms with Crippen molar-refractivity contribution in [1.29, 1.82) is 0 Å². The van der Waals surface area contributed by atoms with Gasteiger partial charge in [-0.3, -0.25) is 0 Å². The van der Waals surface area contributed by atoms with Crippen LogP contribution in [0.4, 0.5) is 0 Å². The lowest BCUT2D eigenvalue weighted by molar-refractivity contribution is 0.0760. The third kappa shape index (κ3) is 4.81. The molecule has 0 saturated carbocycles. The minimum absolute atomic E-state index is 0.119. The Morgan fingerprint density at radius 3 is 2.95 bits per heavy atom. The number of hydrogen-bond donors (Lipinski definition) is 1. The Kier molecular flexibility index (Phi) is 6.42. The van der Waals surface area contributed by atoms with Gasteiger partial charge in [0.15, 0.2) is 0 Å². The number of nitrogens with one attached hydrogen (secondary N) is 1. The largest absolute Gasteiger partial charge is 0.372 e. The van der Waals surface area contributed by atoms with Gasteiger partial charge in [0.25, 0.3) is 0 Å². The van der Waals surface area contributed by atoms with E-state index in [4.69, 9.17) is 9.72 Å². The average molecular weight is 297 g/mol. The van der Waals surface area contributed by atoms with E-state index < -0.39 is 0 Å². The fourth-order valence-electron chi connectivity index (χ4n) is 2.75. The Balaban J connectivity index is 1.80. The van der Waals surface area contributed by atoms with Crippen LogP contribution in [-0.2, 0) is 11.3 Å². The van der Waals surface area contributed by atoms with Crippen LogP contribution >= 0.6 is 11.3 Å². The normalized spacial score (nSPS) is 18.6. The zero-order valence-electron chi connectivity index (χ0n) is 12.9. The Morgan fingerprint density at radius 2 is 2.25 bits per heavy atom. The summed E-state index contributed by atoms with van der Waals surface area (Å²) in [6.07, 6.45) is 2.72. The van der Waals surface area contributed by atoms with Crippen LogP contribution in [0.5, 0.6) is 0 Å². The molecular formula is C15H27N3OS. The summed E-state index contributed by atoms with van der Waals surface area (Å²) in [5, 5.41) is 6.69. The van der Waals surface area contributed by atoms with Crippen LogP contribution in [0.25, 0.3) is 0 Å². The summed E-state index contributed by atoms with van der Waals surface area (Å²) in [6, 6.07) is 0. The van der Waals surface area contributed by atoms with E-state index in [1.54, 1.807) is 11.3 Å². The van der Waals surface area contributed by atoms with E-state index in [1.165, 1.54) is 38.2 Å². The Bertz CT molecular complexity index is 390. The molecule has 2 heterocycles. The molecule has 1 unspecified atom stereocenters. The van der Waals surface area contributed by atoms with Crippen molar-refractivity contribution in [3.63, 3.8) is 0 Å². The Hall–Kier alpha value is -0.490. The fourth-order valence-corrected chi connectivity index (χ4v) is 3.56. The van der Waals surface area contributed by atoms with E-state index in [0.29, 0.717) is 0 Å². The molecule has 114 valence electrons. The number of ether oxygens (including phenoxy) is 1. The molecule has 0 amide bonds. The molecule has 1 aliphatic rings. The summed E-state index contributed by atoms with van der Waals surface area (Å²) >= 11 is 1.71. The molecule has 0 spiro atoms. The number of thiazole rings is 1. The summed E-state index contributed by atoms with van der Waals surface area (Å²) in [4.78, 5) is 7.10. The molecule has 0 aliphatic carbocycles. The maximum atomic E-state index is 5.60. The van der Waals surface area contributed by atoms with Crippen molar-refractivity contribution in [3.05, 3.63) is 16.1 Å². The molecule has 0 radical (unpaired) electrons. The second-order valence-corrected chi connectivity index (χ2v) is 6.55. The van der Waals surface area contributed by atoms with Crippen LogP contribution in [0.15, 0.2) is 5.38 Å². The van der Waals surface area contributed by atoms with Crippen molar-refractivity contribution in [1.82, 2.24) is 15.2 Å². The van der Waals surface area contributed by atoms with Gasteiger partial charge in [0.2, 0.25) is 0 Å². The minimum atomic E-state index is 0.119. The smallest absolute Gasteiger partial charge is 0.122 e. The van der Waals surface area contributed by atoms with E-state index in [-0.39, 0.29) is 6.10 Å². The molecule has 4 nitrogen and oxygen atoms in total. The predicted molar refractivity (Wildman–Crippen MR) is 84.1 cm³/mol. The van der Waals surface area contributed by atoms with Crippen LogP contribution in [0.1, 0.15) is 43.5 Å². The van der Waals surface area contributed by atoms with Crippen molar-refractivity contribution in [2.24, 2.45) is 5.92 Å². The zero-order valence-corrected chi connectivity index (χ0v) is 13.7. The van der Waals surface area contributed by atoms with Crippen molar-refractivity contribution in [2.75, 3.05) is 33.3 Å². The van der Waals surface area contributed by atoms with E-state index >= 15 is 0 Å². The minimum Gasteiger partial charge on any atom is -0.372 e. The van der Waals surface area contributed by atoms with Gasteiger partial charge < -0.3 is 15.0 Å². The molecular weight excluding hydrogens is 270 g/mol. The van der Waals surface area contributed by atoms with Crippen molar-refractivity contribution < 1.29 is 4.74 Å². The summed E-state index contributed by atoms with van der Waals surface area (Å²) in [5.41, 5.74) is 1.17. The highest BCUT2D eigenvalue weighted by Crippen LogP contribution is 2.22. The lowest BCUT2D eigenvalue weighted by Gasteiger charge is -2.27. The lowest BCUT2D eigenvalue weighted by atomic mass is 9.98. The number of rotatable bonds is 7. The topological polar surface area (TPSA) is 37.4 Å². The fraction of sp³-hybridized carbons (Fsp3) is 0.800. The van der Waals surface area contributed by atoms with Crippen LogP contribution in [0.2, 0.25) is 0 Å². The van der Waals surface area contributed by atoms with Gasteiger partial charge in [-0.05, 0) is 52.7 Å². The lowest BCUT2D eigenvalue weighted by Crippen LogP contribution is -2.34. The van der Waals surface area contributed by atoms with Crippen molar-refractivity contribution in [2.45, 2.75) is 39.3 Å². The van der Waals surface area contributed by atoms with Gasteiger partial charge in [-0.25, -0.2) is 4.98 Å². The van der Waals surface area contributed by atoms with Gasteiger partial charge in [-0.15, -0.1) is 11.3 Å². The summed E-state index contributed by atoms with van der Waals surface area (Å²) in [5.74, 6) is 0.835. The van der Waals surface area contributed by atoms with Gasteiger partial charge in [0.1, 0.15) is 11.1 Å². The molecule has 0 bridgehead atoms. The highest BCUT2D eigenvalue weighted by Gasteiger charge is 2.16. The highest BCUT2D eigenvalue weighted by molar-refractivity contribution is 7.09. The molecule has 1 saturated heterocycles. The van der Waals surface area contributed by atoms with E-state index in [2.05, 4.69) is 29.6 Å². The van der Waals surface area contributed by atoms with Gasteiger partial charge in [-0.1, -0.05) is 0 Å². The van der Waals surface area contributed by atoms with Crippen LogP contribution in [0.3, 0.4) is 0 Å². The third-order valence-corrected chi connectivity index (χ3v) is 4.85. The molecule has 20 heavy (non-hydrogen) atoms. The maximum Gasteiger partial charge on any atom is 0.122 e. The summed E-state index contributed by atoms with van der Waals surface area (Å²) in [7, 11) is 2.20. The molecule has 2 rings (SSSR count). The second kappa shape index (κ2) is 8.08. The standard InChI is InChI=1S/C15H27N3OS/c1-4-19-12(2)15-17-14(11-20-15)10-18(3)9-13-5-7-16-8-6-13/h11-13,16H,4-10H2,1-3H3. The quantitative estimate of drug-likeness (QED) is 0.839. The van der Waals surface area contributed by atoms with E-state index in [9.17, 15) is 0 Å². The van der Waals surface area contributed by atoms with Crippen LogP contribution < -0.4 is 5.32 Å². The second-order valence-electron chi connectivity index (χ2n) is 5.66. The monoisotopic (exact) mass is 297 g/mol. The molecule has 1 aromatic rings. The zero-order chi connectivity index (χ0) is 14.4. The van der Waals surface area contributed by atoms with Crippen LogP contribution in [0, 0.1) is 5.92 Å². The van der Waals surface area contributed by atoms with E-state index in [1.807, 2.05) is 6.92 Å². The first-order valence-corrected chi connectivity index (χ1v) is 8.52. The SMILES string of the molecule is CCOC(C)c1nc(CN(C)CC2CCNCC2)cs1. The number of piperidine rings is 1. The number of aromatic nitrogens is 1. The Labute approximate surface area is 126 Å². The first-order valence-electron chi connectivity index (χ1n) is 7.64. The summed E-state index contributed by atoms with van der Waals surface area (Å²) < 4.78 is 5.60. The Morgan fingerprint density at radius 1 is 1.50 bits per heavy atom. The first-order chi connectivity index (χ1) is 9.69.